The molecule has 4 rings (SSSR count). The number of esters is 1. The van der Waals surface area contributed by atoms with E-state index in [9.17, 15) is 13.6 Å². The Kier molecular flexibility index (Phi) is 5.69. The van der Waals surface area contributed by atoms with Gasteiger partial charge < -0.3 is 4.74 Å². The molecule has 0 N–H and O–H groups in total. The number of thiol groups is 1. The minimum Gasteiger partial charge on any atom is -0.459 e. The summed E-state index contributed by atoms with van der Waals surface area (Å²) in [7, 11) is 0. The predicted molar refractivity (Wildman–Crippen MR) is 101 cm³/mol. The molecule has 0 aliphatic heterocycles. The van der Waals surface area contributed by atoms with Gasteiger partial charge in [-0.1, -0.05) is 29.8 Å². The fraction of sp³-hybridized carbons (Fsp3) is 0.667. The van der Waals surface area contributed by atoms with E-state index >= 15 is 0 Å². The lowest BCUT2D eigenvalue weighted by Crippen LogP contribution is -2.36. The van der Waals surface area contributed by atoms with Gasteiger partial charge in [0.2, 0.25) is 0 Å². The van der Waals surface area contributed by atoms with Crippen LogP contribution in [-0.4, -0.2) is 18.7 Å². The highest BCUT2D eigenvalue weighted by atomic mass is 32.1. The fourth-order valence-corrected chi connectivity index (χ4v) is 6.18. The smallest absolute Gasteiger partial charge is 0.459 e. The lowest BCUT2D eigenvalue weighted by molar-refractivity contribution is -0.369. The molecule has 3 aliphatic rings. The lowest BCUT2D eigenvalue weighted by atomic mass is 9.76. The molecule has 0 heterocycles. The normalized spacial score (nSPS) is 33.9. The summed E-state index contributed by atoms with van der Waals surface area (Å²) >= 11 is 3.08. The molecule has 2 bridgehead atoms. The van der Waals surface area contributed by atoms with Crippen LogP contribution in [0.25, 0.3) is 0 Å². The molecule has 6 atom stereocenters. The summed E-state index contributed by atoms with van der Waals surface area (Å²) in [5, 5.41) is 0. The van der Waals surface area contributed by atoms with E-state index in [1.54, 1.807) is 0 Å². The second kappa shape index (κ2) is 7.92. The first kappa shape index (κ1) is 20.1. The van der Waals surface area contributed by atoms with Crippen LogP contribution in [0.15, 0.2) is 24.3 Å². The van der Waals surface area contributed by atoms with Crippen LogP contribution in [0.4, 0.5) is 8.78 Å². The van der Waals surface area contributed by atoms with Crippen molar-refractivity contribution in [1.82, 2.24) is 0 Å². The van der Waals surface area contributed by atoms with Crippen LogP contribution < -0.4 is 0 Å². The Morgan fingerprint density at radius 3 is 2.54 bits per heavy atom. The number of carbonyl (C=O) groups is 1. The molecule has 154 valence electrons. The molecule has 0 saturated heterocycles. The van der Waals surface area contributed by atoms with E-state index < -0.39 is 12.1 Å². The molecule has 28 heavy (non-hydrogen) atoms. The van der Waals surface area contributed by atoms with Gasteiger partial charge in [-0.15, -0.1) is 4.89 Å². The van der Waals surface area contributed by atoms with Crippen molar-refractivity contribution in [3.05, 3.63) is 35.4 Å². The van der Waals surface area contributed by atoms with Crippen molar-refractivity contribution in [2.75, 3.05) is 6.61 Å². The van der Waals surface area contributed by atoms with Crippen molar-refractivity contribution < 1.29 is 27.5 Å². The predicted octanol–water partition coefficient (Wildman–Crippen LogP) is 4.76. The van der Waals surface area contributed by atoms with Crippen molar-refractivity contribution in [3.63, 3.8) is 0 Å². The fourth-order valence-electron chi connectivity index (χ4n) is 6.09. The molecule has 7 heteroatoms. The molecule has 0 amide bonds. The van der Waals surface area contributed by atoms with Gasteiger partial charge in [0, 0.05) is 12.9 Å². The van der Waals surface area contributed by atoms with Gasteiger partial charge in [0.15, 0.2) is 0 Å². The first-order valence-electron chi connectivity index (χ1n) is 9.97. The summed E-state index contributed by atoms with van der Waals surface area (Å²) in [6.45, 7) is 2.12. The summed E-state index contributed by atoms with van der Waals surface area (Å²) in [4.78, 5) is 15.1. The Morgan fingerprint density at radius 1 is 1.11 bits per heavy atom. The zero-order chi connectivity index (χ0) is 19.9. The zero-order valence-corrected chi connectivity index (χ0v) is 16.7. The van der Waals surface area contributed by atoms with E-state index in [2.05, 4.69) is 53.3 Å². The van der Waals surface area contributed by atoms with Crippen molar-refractivity contribution in [2.45, 2.75) is 45.1 Å². The second-order valence-corrected chi connectivity index (χ2v) is 8.93. The molecule has 3 saturated carbocycles. The second-order valence-electron chi connectivity index (χ2n) is 8.78. The summed E-state index contributed by atoms with van der Waals surface area (Å²) in [5.41, 5.74) is 2.67. The minimum atomic E-state index is -4.13. The first-order chi connectivity index (χ1) is 13.4. The maximum Gasteiger partial charge on any atom is 0.483 e. The van der Waals surface area contributed by atoms with E-state index in [4.69, 9.17) is 4.74 Å². The van der Waals surface area contributed by atoms with Crippen molar-refractivity contribution >= 4 is 18.9 Å². The highest BCUT2D eigenvalue weighted by Crippen LogP contribution is 2.62. The highest BCUT2D eigenvalue weighted by Gasteiger charge is 2.56. The van der Waals surface area contributed by atoms with Gasteiger partial charge in [-0.3, -0.25) is 0 Å². The highest BCUT2D eigenvalue weighted by molar-refractivity contribution is 7.74. The van der Waals surface area contributed by atoms with Gasteiger partial charge in [-0.25, -0.2) is 4.79 Å². The molecule has 0 spiro atoms. The quantitative estimate of drug-likeness (QED) is 0.230. The summed E-state index contributed by atoms with van der Waals surface area (Å²) in [6.07, 6.45) is 1.54. The Labute approximate surface area is 169 Å². The number of fused-ring (bicyclic) bond motifs is 5. The number of aryl methyl sites for hydroxylation is 1. The molecule has 4 nitrogen and oxygen atoms in total. The van der Waals surface area contributed by atoms with Crippen LogP contribution in [0.3, 0.4) is 0 Å². The van der Waals surface area contributed by atoms with Crippen LogP contribution in [0.1, 0.15) is 36.8 Å². The Bertz CT molecular complexity index is 711. The van der Waals surface area contributed by atoms with Gasteiger partial charge >= 0.3 is 12.1 Å². The van der Waals surface area contributed by atoms with Crippen LogP contribution in [0.2, 0.25) is 0 Å². The zero-order valence-electron chi connectivity index (χ0n) is 15.9. The number of alkyl halides is 2. The molecule has 3 aliphatic carbocycles. The van der Waals surface area contributed by atoms with Gasteiger partial charge in [-0.05, 0) is 80.1 Å². The van der Waals surface area contributed by atoms with Gasteiger partial charge in [0.25, 0.3) is 0 Å². The first-order valence-corrected chi connectivity index (χ1v) is 10.3. The van der Waals surface area contributed by atoms with E-state index in [0.29, 0.717) is 23.7 Å². The van der Waals surface area contributed by atoms with E-state index in [1.165, 1.54) is 24.0 Å². The third kappa shape index (κ3) is 3.94. The van der Waals surface area contributed by atoms with Crippen LogP contribution >= 0.6 is 12.9 Å². The average Bonchev–Trinajstić information content (AvgIpc) is 3.33. The molecule has 0 radical (unpaired) electrons. The van der Waals surface area contributed by atoms with Crippen LogP contribution in [0, 0.1) is 42.4 Å². The molecule has 1 aromatic rings. The number of ether oxygens (including phenoxy) is 1. The molecule has 6 unspecified atom stereocenters. The molecule has 0 aromatic heterocycles. The topological polar surface area (TPSA) is 44.8 Å². The largest absolute Gasteiger partial charge is 0.483 e. The van der Waals surface area contributed by atoms with Gasteiger partial charge in [-0.2, -0.15) is 13.1 Å². The Balaban J connectivity index is 1.31. The van der Waals surface area contributed by atoms with E-state index in [1.807, 2.05) is 0 Å². The third-order valence-corrected chi connectivity index (χ3v) is 7.23. The maximum atomic E-state index is 13.3. The van der Waals surface area contributed by atoms with Gasteiger partial charge in [0.1, 0.15) is 0 Å². The average molecular weight is 412 g/mol. The SMILES string of the molecule is Cc1ccc(CC2CC3C4CC(COC(=O)C(F)(F)OOS)C(C4)C3C2)cc1. The third-order valence-electron chi connectivity index (χ3n) is 7.16. The van der Waals surface area contributed by atoms with E-state index in [-0.39, 0.29) is 12.5 Å². The summed E-state index contributed by atoms with van der Waals surface area (Å²) in [5.74, 6) is 1.63. The summed E-state index contributed by atoms with van der Waals surface area (Å²) in [6, 6.07) is 8.77. The monoisotopic (exact) mass is 412 g/mol. The maximum absolute atomic E-state index is 13.3. The standard InChI is InChI=1S/C21H26F2O4S/c1-12-2-4-13(5-3-12)6-14-7-17-15-9-16(18(10-15)19(17)8-14)11-25-20(24)21(22,23)26-27-28/h2-5,14-19,28H,6-11H2,1H3. The molecule has 1 aromatic carbocycles. The molecular formula is C21H26F2O4S. The number of halogens is 2. The Hall–Kier alpha value is -1.18. The van der Waals surface area contributed by atoms with Crippen molar-refractivity contribution in [3.8, 4) is 0 Å². The Morgan fingerprint density at radius 2 is 1.82 bits per heavy atom. The number of rotatable bonds is 7. The summed E-state index contributed by atoms with van der Waals surface area (Å²) < 4.78 is 35.1. The van der Waals surface area contributed by atoms with Crippen molar-refractivity contribution in [2.24, 2.45) is 35.5 Å². The number of carbonyl (C=O) groups excluding carboxylic acids is 1. The van der Waals surface area contributed by atoms with Crippen molar-refractivity contribution in [1.29, 1.82) is 0 Å². The number of benzene rings is 1. The minimum absolute atomic E-state index is 0.0252. The van der Waals surface area contributed by atoms with Gasteiger partial charge in [0.05, 0.1) is 6.61 Å². The number of hydrogen-bond donors (Lipinski definition) is 1. The van der Waals surface area contributed by atoms with Crippen LogP contribution in [-0.2, 0) is 25.2 Å². The molecular weight excluding hydrogens is 386 g/mol. The van der Waals surface area contributed by atoms with E-state index in [0.717, 1.165) is 25.2 Å². The lowest BCUT2D eigenvalue weighted by Gasteiger charge is -2.31. The molecule has 3 fully saturated rings. The van der Waals surface area contributed by atoms with Crippen LogP contribution in [0.5, 0.6) is 0 Å². The number of hydrogen-bond acceptors (Lipinski definition) is 5.